The van der Waals surface area contributed by atoms with Crippen molar-refractivity contribution >= 4 is 17.7 Å². The number of amides is 3. The number of carbonyl (C=O) groups excluding carboxylic acids is 3. The zero-order valence-corrected chi connectivity index (χ0v) is 18.8. The lowest BCUT2D eigenvalue weighted by molar-refractivity contribution is -0.146. The number of piperazine rings is 1. The smallest absolute Gasteiger partial charge is 0.253 e. The number of hydrogen-bond donors (Lipinski definition) is 0. The SMILES string of the molecule is CCc1ccc(C(=O)N2CCN(C(=O)C3CCCN(C(=O)C(C)(C)C)C3)CC2)cc1. The minimum absolute atomic E-state index is 0.0318. The maximum atomic E-state index is 13.1. The van der Waals surface area contributed by atoms with Crippen molar-refractivity contribution in [2.45, 2.75) is 47.0 Å². The van der Waals surface area contributed by atoms with Crippen LogP contribution in [-0.4, -0.2) is 71.7 Å². The Morgan fingerprint density at radius 2 is 1.50 bits per heavy atom. The van der Waals surface area contributed by atoms with Gasteiger partial charge in [-0.15, -0.1) is 0 Å². The third kappa shape index (κ3) is 5.02. The second kappa shape index (κ2) is 9.19. The summed E-state index contributed by atoms with van der Waals surface area (Å²) in [5, 5.41) is 0. The van der Waals surface area contributed by atoms with Gasteiger partial charge >= 0.3 is 0 Å². The van der Waals surface area contributed by atoms with Gasteiger partial charge < -0.3 is 14.7 Å². The summed E-state index contributed by atoms with van der Waals surface area (Å²) < 4.78 is 0. The molecule has 2 aliphatic heterocycles. The average Bonchev–Trinajstić information content (AvgIpc) is 2.77. The van der Waals surface area contributed by atoms with E-state index in [-0.39, 0.29) is 23.6 Å². The van der Waals surface area contributed by atoms with Gasteiger partial charge in [0.05, 0.1) is 5.92 Å². The Morgan fingerprint density at radius 1 is 0.900 bits per heavy atom. The van der Waals surface area contributed by atoms with Crippen molar-refractivity contribution in [2.24, 2.45) is 11.3 Å². The highest BCUT2D eigenvalue weighted by molar-refractivity contribution is 5.94. The molecule has 2 heterocycles. The summed E-state index contributed by atoms with van der Waals surface area (Å²) in [6.45, 7) is 11.3. The van der Waals surface area contributed by atoms with E-state index in [9.17, 15) is 14.4 Å². The third-order valence-corrected chi connectivity index (χ3v) is 6.19. The number of rotatable bonds is 3. The summed E-state index contributed by atoms with van der Waals surface area (Å²) in [6, 6.07) is 7.78. The molecule has 3 rings (SSSR count). The van der Waals surface area contributed by atoms with Crippen molar-refractivity contribution < 1.29 is 14.4 Å². The van der Waals surface area contributed by atoms with E-state index < -0.39 is 5.41 Å². The van der Waals surface area contributed by atoms with Crippen LogP contribution >= 0.6 is 0 Å². The van der Waals surface area contributed by atoms with E-state index in [0.717, 1.165) is 25.8 Å². The van der Waals surface area contributed by atoms with Crippen LogP contribution in [0.15, 0.2) is 24.3 Å². The molecule has 0 aromatic heterocycles. The molecular weight excluding hydrogens is 378 g/mol. The molecule has 6 nitrogen and oxygen atoms in total. The molecule has 6 heteroatoms. The molecule has 164 valence electrons. The van der Waals surface area contributed by atoms with E-state index in [1.807, 2.05) is 59.7 Å². The molecule has 0 saturated carbocycles. The van der Waals surface area contributed by atoms with Gasteiger partial charge in [-0.3, -0.25) is 14.4 Å². The fourth-order valence-corrected chi connectivity index (χ4v) is 4.29. The zero-order chi connectivity index (χ0) is 21.9. The Kier molecular flexibility index (Phi) is 6.84. The summed E-state index contributed by atoms with van der Waals surface area (Å²) in [6.07, 6.45) is 2.65. The average molecular weight is 414 g/mol. The fraction of sp³-hybridized carbons (Fsp3) is 0.625. The number of piperidine rings is 1. The standard InChI is InChI=1S/C24H35N3O3/c1-5-18-8-10-19(11-9-18)21(28)25-13-15-26(16-14-25)22(29)20-7-6-12-27(17-20)23(30)24(2,3)4/h8-11,20H,5-7,12-17H2,1-4H3. The monoisotopic (exact) mass is 413 g/mol. The number of carbonyl (C=O) groups is 3. The lowest BCUT2D eigenvalue weighted by atomic mass is 9.90. The minimum atomic E-state index is -0.424. The molecule has 0 bridgehead atoms. The summed E-state index contributed by atoms with van der Waals surface area (Å²) in [5.74, 6) is 0.142. The molecule has 0 radical (unpaired) electrons. The molecule has 3 amide bonds. The topological polar surface area (TPSA) is 60.9 Å². The van der Waals surface area contributed by atoms with Crippen molar-refractivity contribution in [1.29, 1.82) is 0 Å². The predicted molar refractivity (Wildman–Crippen MR) is 117 cm³/mol. The van der Waals surface area contributed by atoms with Crippen LogP contribution in [0.25, 0.3) is 0 Å². The molecule has 0 N–H and O–H groups in total. The third-order valence-electron chi connectivity index (χ3n) is 6.19. The predicted octanol–water partition coefficient (Wildman–Crippen LogP) is 2.82. The van der Waals surface area contributed by atoms with Crippen molar-refractivity contribution in [2.75, 3.05) is 39.3 Å². The summed E-state index contributed by atoms with van der Waals surface area (Å²) in [5.41, 5.74) is 1.50. The van der Waals surface area contributed by atoms with Gasteiger partial charge in [0.2, 0.25) is 11.8 Å². The number of benzene rings is 1. The van der Waals surface area contributed by atoms with Gasteiger partial charge in [-0.2, -0.15) is 0 Å². The van der Waals surface area contributed by atoms with Gasteiger partial charge in [0.1, 0.15) is 0 Å². The highest BCUT2D eigenvalue weighted by atomic mass is 16.2. The Morgan fingerprint density at radius 3 is 2.07 bits per heavy atom. The Bertz CT molecular complexity index is 774. The quantitative estimate of drug-likeness (QED) is 0.766. The van der Waals surface area contributed by atoms with Crippen LogP contribution < -0.4 is 0 Å². The maximum absolute atomic E-state index is 13.1. The summed E-state index contributed by atoms with van der Waals surface area (Å²) >= 11 is 0. The van der Waals surface area contributed by atoms with E-state index >= 15 is 0 Å². The number of aryl methyl sites for hydroxylation is 1. The van der Waals surface area contributed by atoms with Crippen LogP contribution in [-0.2, 0) is 16.0 Å². The second-order valence-corrected chi connectivity index (χ2v) is 9.51. The first-order chi connectivity index (χ1) is 14.2. The van der Waals surface area contributed by atoms with E-state index in [1.165, 1.54) is 5.56 Å². The van der Waals surface area contributed by atoms with Gasteiger partial charge in [0.15, 0.2) is 0 Å². The van der Waals surface area contributed by atoms with E-state index in [0.29, 0.717) is 38.3 Å². The fourth-order valence-electron chi connectivity index (χ4n) is 4.29. The summed E-state index contributed by atoms with van der Waals surface area (Å²) in [4.78, 5) is 44.0. The Labute approximate surface area is 180 Å². The molecule has 1 atom stereocenters. The largest absolute Gasteiger partial charge is 0.341 e. The van der Waals surface area contributed by atoms with Crippen LogP contribution in [0.2, 0.25) is 0 Å². The molecule has 1 aromatic carbocycles. The van der Waals surface area contributed by atoms with Crippen molar-refractivity contribution in [1.82, 2.24) is 14.7 Å². The van der Waals surface area contributed by atoms with E-state index in [1.54, 1.807) is 0 Å². The number of nitrogens with zero attached hydrogens (tertiary/aromatic N) is 3. The molecule has 0 spiro atoms. The summed E-state index contributed by atoms with van der Waals surface area (Å²) in [7, 11) is 0. The first-order valence-electron chi connectivity index (χ1n) is 11.2. The van der Waals surface area contributed by atoms with E-state index in [2.05, 4.69) is 6.92 Å². The van der Waals surface area contributed by atoms with Crippen molar-refractivity contribution in [3.63, 3.8) is 0 Å². The van der Waals surface area contributed by atoms with Crippen LogP contribution in [0.3, 0.4) is 0 Å². The van der Waals surface area contributed by atoms with Crippen LogP contribution in [0.5, 0.6) is 0 Å². The second-order valence-electron chi connectivity index (χ2n) is 9.51. The van der Waals surface area contributed by atoms with Crippen LogP contribution in [0.1, 0.15) is 56.5 Å². The first-order valence-corrected chi connectivity index (χ1v) is 11.2. The molecule has 2 fully saturated rings. The van der Waals surface area contributed by atoms with Crippen molar-refractivity contribution in [3.05, 3.63) is 35.4 Å². The molecule has 1 unspecified atom stereocenters. The molecule has 30 heavy (non-hydrogen) atoms. The molecule has 2 saturated heterocycles. The van der Waals surface area contributed by atoms with Crippen molar-refractivity contribution in [3.8, 4) is 0 Å². The Balaban J connectivity index is 1.54. The first kappa shape index (κ1) is 22.3. The highest BCUT2D eigenvalue weighted by Crippen LogP contribution is 2.25. The van der Waals surface area contributed by atoms with Gasteiger partial charge in [0.25, 0.3) is 5.91 Å². The van der Waals surface area contributed by atoms with Crippen LogP contribution in [0.4, 0.5) is 0 Å². The number of hydrogen-bond acceptors (Lipinski definition) is 3. The minimum Gasteiger partial charge on any atom is -0.341 e. The molecule has 1 aromatic rings. The Hall–Kier alpha value is -2.37. The van der Waals surface area contributed by atoms with Gasteiger partial charge in [-0.05, 0) is 37.0 Å². The van der Waals surface area contributed by atoms with Gasteiger partial charge in [0, 0.05) is 50.2 Å². The van der Waals surface area contributed by atoms with Crippen LogP contribution in [0, 0.1) is 11.3 Å². The maximum Gasteiger partial charge on any atom is 0.253 e. The lowest BCUT2D eigenvalue weighted by Crippen LogP contribution is -2.54. The van der Waals surface area contributed by atoms with E-state index in [4.69, 9.17) is 0 Å². The normalized spacial score (nSPS) is 20.3. The zero-order valence-electron chi connectivity index (χ0n) is 18.8. The number of likely N-dealkylation sites (tertiary alicyclic amines) is 1. The van der Waals surface area contributed by atoms with Gasteiger partial charge in [-0.1, -0.05) is 39.8 Å². The molecular formula is C24H35N3O3. The molecule has 2 aliphatic rings. The molecule has 0 aliphatic carbocycles. The van der Waals surface area contributed by atoms with Gasteiger partial charge in [-0.25, -0.2) is 0 Å². The lowest BCUT2D eigenvalue weighted by Gasteiger charge is -2.40. The highest BCUT2D eigenvalue weighted by Gasteiger charge is 2.36.